The second-order valence-electron chi connectivity index (χ2n) is 7.74. The lowest BCUT2D eigenvalue weighted by molar-refractivity contribution is -0.136. The van der Waals surface area contributed by atoms with Crippen molar-refractivity contribution in [2.24, 2.45) is 5.92 Å². The number of amides is 1. The number of anilines is 1. The highest BCUT2D eigenvalue weighted by molar-refractivity contribution is 7.14. The van der Waals surface area contributed by atoms with Gasteiger partial charge in [0.15, 0.2) is 5.13 Å². The van der Waals surface area contributed by atoms with Gasteiger partial charge in [-0.05, 0) is 40.0 Å². The Kier molecular flexibility index (Phi) is 7.83. The average molecular weight is 395 g/mol. The van der Waals surface area contributed by atoms with Crippen LogP contribution in [0.25, 0.3) is 5.57 Å². The fraction of sp³-hybridized carbons (Fsp3) is 0.650. The van der Waals surface area contributed by atoms with Crippen LogP contribution in [0, 0.1) is 5.92 Å². The summed E-state index contributed by atoms with van der Waals surface area (Å²) < 4.78 is 10.4. The van der Waals surface area contributed by atoms with Crippen molar-refractivity contribution in [2.75, 3.05) is 11.9 Å². The van der Waals surface area contributed by atoms with Gasteiger partial charge in [0, 0.05) is 5.38 Å². The van der Waals surface area contributed by atoms with Crippen LogP contribution in [-0.4, -0.2) is 29.3 Å². The molecule has 150 valence electrons. The van der Waals surface area contributed by atoms with Crippen LogP contribution in [-0.2, 0) is 14.3 Å². The number of esters is 1. The summed E-state index contributed by atoms with van der Waals surface area (Å²) in [5.74, 6) is 0.239. The molecule has 0 atom stereocenters. The molecule has 2 rings (SSSR count). The molecule has 0 aliphatic heterocycles. The number of allylic oxidation sites excluding steroid dienone is 1. The van der Waals surface area contributed by atoms with E-state index in [2.05, 4.69) is 10.3 Å². The number of hydrogen-bond donors (Lipinski definition) is 1. The fourth-order valence-corrected chi connectivity index (χ4v) is 3.75. The van der Waals surface area contributed by atoms with Gasteiger partial charge in [-0.15, -0.1) is 11.3 Å². The van der Waals surface area contributed by atoms with Crippen LogP contribution in [0.1, 0.15) is 71.9 Å². The van der Waals surface area contributed by atoms with Crippen molar-refractivity contribution in [3.8, 4) is 0 Å². The molecule has 1 aliphatic carbocycles. The lowest BCUT2D eigenvalue weighted by Crippen LogP contribution is -2.27. The SMILES string of the molecule is CCOC(=O)/C(=C\CC1CCCCC1)c1csc(NC(=O)OC(C)(C)C)n1. The van der Waals surface area contributed by atoms with Gasteiger partial charge in [0.1, 0.15) is 5.60 Å². The van der Waals surface area contributed by atoms with Crippen molar-refractivity contribution in [3.63, 3.8) is 0 Å². The lowest BCUT2D eigenvalue weighted by Gasteiger charge is -2.20. The maximum absolute atomic E-state index is 12.4. The standard InChI is InChI=1S/C20H30N2O4S/c1-5-25-17(23)15(12-11-14-9-7-6-8-10-14)16-13-27-18(21-16)22-19(24)26-20(2,3)4/h12-14H,5-11H2,1-4H3,(H,21,22,24)/b15-12-. The summed E-state index contributed by atoms with van der Waals surface area (Å²) in [6.45, 7) is 7.49. The summed E-state index contributed by atoms with van der Waals surface area (Å²) in [6, 6.07) is 0. The minimum absolute atomic E-state index is 0.312. The number of carbonyl (C=O) groups excluding carboxylic acids is 2. The first-order valence-electron chi connectivity index (χ1n) is 9.61. The Balaban J connectivity index is 2.09. The molecule has 27 heavy (non-hydrogen) atoms. The molecule has 1 aliphatic rings. The summed E-state index contributed by atoms with van der Waals surface area (Å²) in [7, 11) is 0. The Bertz CT molecular complexity index is 670. The molecule has 1 heterocycles. The number of ether oxygens (including phenoxy) is 2. The van der Waals surface area contributed by atoms with E-state index in [1.165, 1.54) is 43.4 Å². The number of nitrogens with zero attached hydrogens (tertiary/aromatic N) is 1. The van der Waals surface area contributed by atoms with Gasteiger partial charge >= 0.3 is 12.1 Å². The third kappa shape index (κ3) is 7.33. The van der Waals surface area contributed by atoms with Crippen molar-refractivity contribution in [3.05, 3.63) is 17.2 Å². The van der Waals surface area contributed by atoms with Crippen molar-refractivity contribution in [1.82, 2.24) is 4.98 Å². The molecule has 1 fully saturated rings. The second-order valence-corrected chi connectivity index (χ2v) is 8.60. The van der Waals surface area contributed by atoms with E-state index in [0.29, 0.717) is 28.9 Å². The zero-order chi connectivity index (χ0) is 19.9. The third-order valence-corrected chi connectivity index (χ3v) is 5.02. The Hall–Kier alpha value is -1.89. The molecule has 0 radical (unpaired) electrons. The molecule has 0 unspecified atom stereocenters. The van der Waals surface area contributed by atoms with E-state index in [-0.39, 0.29) is 5.97 Å². The van der Waals surface area contributed by atoms with Crippen LogP contribution in [0.15, 0.2) is 11.5 Å². The molecule has 1 amide bonds. The van der Waals surface area contributed by atoms with Crippen molar-refractivity contribution < 1.29 is 19.1 Å². The second kappa shape index (κ2) is 9.88. The predicted octanol–water partition coefficient (Wildman–Crippen LogP) is 5.41. The maximum atomic E-state index is 12.4. The smallest absolute Gasteiger partial charge is 0.413 e. The fourth-order valence-electron chi connectivity index (χ4n) is 3.05. The average Bonchev–Trinajstić information content (AvgIpc) is 3.02. The molecule has 0 bridgehead atoms. The highest BCUT2D eigenvalue weighted by atomic mass is 32.1. The molecule has 0 spiro atoms. The van der Waals surface area contributed by atoms with Crippen LogP contribution in [0.3, 0.4) is 0 Å². The number of carbonyl (C=O) groups is 2. The molecule has 0 saturated heterocycles. The summed E-state index contributed by atoms with van der Waals surface area (Å²) in [4.78, 5) is 28.7. The number of nitrogens with one attached hydrogen (secondary N) is 1. The quantitative estimate of drug-likeness (QED) is 0.516. The molecule has 1 saturated carbocycles. The zero-order valence-electron chi connectivity index (χ0n) is 16.7. The Morgan fingerprint density at radius 1 is 1.30 bits per heavy atom. The molecule has 6 nitrogen and oxygen atoms in total. The normalized spacial score (nSPS) is 16.1. The van der Waals surface area contributed by atoms with Crippen LogP contribution in [0.2, 0.25) is 0 Å². The van der Waals surface area contributed by atoms with E-state index in [1.54, 1.807) is 33.1 Å². The maximum Gasteiger partial charge on any atom is 0.413 e. The van der Waals surface area contributed by atoms with Gasteiger partial charge in [0.2, 0.25) is 0 Å². The van der Waals surface area contributed by atoms with Gasteiger partial charge < -0.3 is 9.47 Å². The first kappa shape index (κ1) is 21.4. The van der Waals surface area contributed by atoms with Gasteiger partial charge in [-0.2, -0.15) is 0 Å². The van der Waals surface area contributed by atoms with Crippen LogP contribution >= 0.6 is 11.3 Å². The lowest BCUT2D eigenvalue weighted by atomic mass is 9.86. The molecule has 7 heteroatoms. The highest BCUT2D eigenvalue weighted by Gasteiger charge is 2.21. The first-order chi connectivity index (χ1) is 12.8. The molecular weight excluding hydrogens is 364 g/mol. The van der Waals surface area contributed by atoms with Crippen molar-refractivity contribution in [1.29, 1.82) is 0 Å². The highest BCUT2D eigenvalue weighted by Crippen LogP contribution is 2.29. The van der Waals surface area contributed by atoms with E-state index in [0.717, 1.165) is 6.42 Å². The Morgan fingerprint density at radius 2 is 2.00 bits per heavy atom. The van der Waals surface area contributed by atoms with Gasteiger partial charge in [-0.25, -0.2) is 14.6 Å². The molecule has 1 N–H and O–H groups in total. The van der Waals surface area contributed by atoms with Crippen molar-refractivity contribution >= 4 is 34.1 Å². The topological polar surface area (TPSA) is 77.5 Å². The van der Waals surface area contributed by atoms with Crippen LogP contribution in [0.5, 0.6) is 0 Å². The predicted molar refractivity (Wildman–Crippen MR) is 108 cm³/mol. The van der Waals surface area contributed by atoms with E-state index in [9.17, 15) is 9.59 Å². The van der Waals surface area contributed by atoms with Crippen LogP contribution in [0.4, 0.5) is 9.93 Å². The summed E-state index contributed by atoms with van der Waals surface area (Å²) in [6.07, 6.45) is 8.45. The van der Waals surface area contributed by atoms with E-state index in [4.69, 9.17) is 9.47 Å². The van der Waals surface area contributed by atoms with Gasteiger partial charge in [0.05, 0.1) is 17.9 Å². The molecule has 1 aromatic heterocycles. The van der Waals surface area contributed by atoms with E-state index < -0.39 is 11.7 Å². The van der Waals surface area contributed by atoms with Crippen LogP contribution < -0.4 is 5.32 Å². The zero-order valence-corrected chi connectivity index (χ0v) is 17.5. The monoisotopic (exact) mass is 394 g/mol. The number of thiazole rings is 1. The Labute approximate surface area is 165 Å². The number of aromatic nitrogens is 1. The molecule has 0 aromatic carbocycles. The largest absolute Gasteiger partial charge is 0.462 e. The van der Waals surface area contributed by atoms with E-state index >= 15 is 0 Å². The summed E-state index contributed by atoms with van der Waals surface area (Å²) >= 11 is 1.26. The first-order valence-corrected chi connectivity index (χ1v) is 10.5. The van der Waals surface area contributed by atoms with E-state index in [1.807, 2.05) is 6.08 Å². The van der Waals surface area contributed by atoms with Gasteiger partial charge in [-0.1, -0.05) is 38.2 Å². The van der Waals surface area contributed by atoms with Gasteiger partial charge in [-0.3, -0.25) is 5.32 Å². The number of rotatable bonds is 6. The molecule has 1 aromatic rings. The summed E-state index contributed by atoms with van der Waals surface area (Å²) in [5, 5.41) is 4.77. The number of hydrogen-bond acceptors (Lipinski definition) is 6. The molecular formula is C20H30N2O4S. The van der Waals surface area contributed by atoms with Crippen molar-refractivity contribution in [2.45, 2.75) is 71.8 Å². The third-order valence-electron chi connectivity index (χ3n) is 4.26. The van der Waals surface area contributed by atoms with Gasteiger partial charge in [0.25, 0.3) is 0 Å². The minimum atomic E-state index is -0.583. The summed E-state index contributed by atoms with van der Waals surface area (Å²) in [5.41, 5.74) is 0.413. The minimum Gasteiger partial charge on any atom is -0.462 e. The Morgan fingerprint density at radius 3 is 2.63 bits per heavy atom.